The number of rotatable bonds is 7. The van der Waals surface area contributed by atoms with Crippen LogP contribution < -0.4 is 5.32 Å². The third-order valence-electron chi connectivity index (χ3n) is 3.88. The van der Waals surface area contributed by atoms with Crippen LogP contribution in [-0.4, -0.2) is 28.1 Å². The van der Waals surface area contributed by atoms with Crippen LogP contribution in [0.25, 0.3) is 11.7 Å². The number of aromatic nitrogens is 1. The topological polar surface area (TPSA) is 88.5 Å². The Morgan fingerprint density at radius 3 is 2.73 bits per heavy atom. The summed E-state index contributed by atoms with van der Waals surface area (Å²) in [7, 11) is 0. The molecule has 0 radical (unpaired) electrons. The van der Waals surface area contributed by atoms with E-state index in [1.165, 1.54) is 6.26 Å². The van der Waals surface area contributed by atoms with Crippen molar-refractivity contribution < 1.29 is 18.7 Å². The monoisotopic (exact) mass is 306 g/mol. The molecule has 0 aliphatic rings. The summed E-state index contributed by atoms with van der Waals surface area (Å²) in [6.07, 6.45) is 2.84. The average Bonchev–Trinajstić information content (AvgIpc) is 3.15. The van der Waals surface area contributed by atoms with Crippen molar-refractivity contribution in [1.29, 1.82) is 0 Å². The molecule has 2 heterocycles. The van der Waals surface area contributed by atoms with Crippen molar-refractivity contribution in [2.75, 3.05) is 6.54 Å². The summed E-state index contributed by atoms with van der Waals surface area (Å²) in [5.41, 5.74) is -0.283. The zero-order chi connectivity index (χ0) is 16.2. The third kappa shape index (κ3) is 3.76. The highest BCUT2D eigenvalue weighted by Crippen LogP contribution is 2.22. The quantitative estimate of drug-likeness (QED) is 0.820. The van der Waals surface area contributed by atoms with Gasteiger partial charge in [0.1, 0.15) is 5.76 Å². The SMILES string of the molecule is CCC(O)(CC)CNC(=O)Cc1nc(-c2ccco2)oc1C. The molecule has 0 aromatic carbocycles. The molecule has 1 amide bonds. The van der Waals surface area contributed by atoms with Crippen molar-refractivity contribution >= 4 is 5.91 Å². The minimum atomic E-state index is -0.853. The molecule has 0 aliphatic carbocycles. The van der Waals surface area contributed by atoms with E-state index in [1.807, 2.05) is 13.8 Å². The van der Waals surface area contributed by atoms with E-state index in [9.17, 15) is 9.90 Å². The van der Waals surface area contributed by atoms with Gasteiger partial charge in [-0.1, -0.05) is 13.8 Å². The molecule has 0 spiro atoms. The van der Waals surface area contributed by atoms with Gasteiger partial charge in [0.2, 0.25) is 5.91 Å². The molecule has 22 heavy (non-hydrogen) atoms. The molecule has 120 valence electrons. The fourth-order valence-corrected chi connectivity index (χ4v) is 2.08. The molecule has 2 rings (SSSR count). The van der Waals surface area contributed by atoms with Gasteiger partial charge in [0.05, 0.1) is 24.0 Å². The van der Waals surface area contributed by atoms with Crippen LogP contribution >= 0.6 is 0 Å². The Morgan fingerprint density at radius 1 is 1.41 bits per heavy atom. The van der Waals surface area contributed by atoms with E-state index in [2.05, 4.69) is 10.3 Å². The molecule has 6 nitrogen and oxygen atoms in total. The van der Waals surface area contributed by atoms with Gasteiger partial charge in [-0.05, 0) is 31.9 Å². The van der Waals surface area contributed by atoms with Crippen LogP contribution in [0.3, 0.4) is 0 Å². The van der Waals surface area contributed by atoms with Crippen molar-refractivity contribution in [2.24, 2.45) is 0 Å². The lowest BCUT2D eigenvalue weighted by atomic mass is 9.97. The lowest BCUT2D eigenvalue weighted by Crippen LogP contribution is -2.42. The molecule has 2 aromatic heterocycles. The third-order valence-corrected chi connectivity index (χ3v) is 3.88. The van der Waals surface area contributed by atoms with Crippen molar-refractivity contribution in [2.45, 2.75) is 45.6 Å². The zero-order valence-electron chi connectivity index (χ0n) is 13.2. The van der Waals surface area contributed by atoms with Gasteiger partial charge in [0.25, 0.3) is 5.89 Å². The number of carbonyl (C=O) groups excluding carboxylic acids is 1. The van der Waals surface area contributed by atoms with Crippen LogP contribution in [0, 0.1) is 6.92 Å². The van der Waals surface area contributed by atoms with Gasteiger partial charge in [-0.25, -0.2) is 4.98 Å². The Labute approximate surface area is 129 Å². The lowest BCUT2D eigenvalue weighted by molar-refractivity contribution is -0.121. The predicted octanol–water partition coefficient (Wildman–Crippen LogP) is 2.45. The summed E-state index contributed by atoms with van der Waals surface area (Å²) in [6, 6.07) is 3.50. The smallest absolute Gasteiger partial charge is 0.263 e. The number of hydrogen-bond donors (Lipinski definition) is 2. The van der Waals surface area contributed by atoms with Crippen molar-refractivity contribution in [1.82, 2.24) is 10.3 Å². The summed E-state index contributed by atoms with van der Waals surface area (Å²) in [5, 5.41) is 12.9. The van der Waals surface area contributed by atoms with Crippen LogP contribution in [0.5, 0.6) is 0 Å². The number of aryl methyl sites for hydroxylation is 1. The number of oxazole rings is 1. The number of hydrogen-bond acceptors (Lipinski definition) is 5. The van der Waals surface area contributed by atoms with E-state index < -0.39 is 5.60 Å². The first-order chi connectivity index (χ1) is 10.5. The Morgan fingerprint density at radius 2 is 2.14 bits per heavy atom. The molecule has 0 saturated carbocycles. The van der Waals surface area contributed by atoms with Crippen molar-refractivity contribution in [3.63, 3.8) is 0 Å². The van der Waals surface area contributed by atoms with E-state index in [0.29, 0.717) is 35.9 Å². The van der Waals surface area contributed by atoms with Crippen LogP contribution in [-0.2, 0) is 11.2 Å². The molecule has 0 atom stereocenters. The van der Waals surface area contributed by atoms with E-state index in [4.69, 9.17) is 8.83 Å². The Kier molecular flexibility index (Phi) is 5.03. The number of aliphatic hydroxyl groups is 1. The van der Waals surface area contributed by atoms with E-state index in [-0.39, 0.29) is 18.9 Å². The number of furan rings is 1. The van der Waals surface area contributed by atoms with Crippen molar-refractivity contribution in [3.05, 3.63) is 29.9 Å². The standard InChI is InChI=1S/C16H22N2O4/c1-4-16(20,5-2)10-17-14(19)9-12-11(3)22-15(18-12)13-7-6-8-21-13/h6-8,20H,4-5,9-10H2,1-3H3,(H,17,19). The number of nitrogens with one attached hydrogen (secondary N) is 1. The second-order valence-corrected chi connectivity index (χ2v) is 5.38. The highest BCUT2D eigenvalue weighted by atomic mass is 16.4. The first kappa shape index (κ1) is 16.3. The predicted molar refractivity (Wildman–Crippen MR) is 81.2 cm³/mol. The Balaban J connectivity index is 1.97. The first-order valence-corrected chi connectivity index (χ1v) is 7.46. The van der Waals surface area contributed by atoms with E-state index in [1.54, 1.807) is 19.1 Å². The van der Waals surface area contributed by atoms with E-state index in [0.717, 1.165) is 0 Å². The summed E-state index contributed by atoms with van der Waals surface area (Å²) < 4.78 is 10.7. The molecule has 0 bridgehead atoms. The summed E-state index contributed by atoms with van der Waals surface area (Å²) >= 11 is 0. The summed E-state index contributed by atoms with van der Waals surface area (Å²) in [5.74, 6) is 1.29. The summed E-state index contributed by atoms with van der Waals surface area (Å²) in [4.78, 5) is 16.3. The molecule has 0 aliphatic heterocycles. The highest BCUT2D eigenvalue weighted by molar-refractivity contribution is 5.78. The average molecular weight is 306 g/mol. The fraction of sp³-hybridized carbons (Fsp3) is 0.500. The van der Waals surface area contributed by atoms with Gasteiger partial charge in [-0.2, -0.15) is 0 Å². The van der Waals surface area contributed by atoms with Gasteiger partial charge in [-0.15, -0.1) is 0 Å². The van der Waals surface area contributed by atoms with E-state index >= 15 is 0 Å². The van der Waals surface area contributed by atoms with Crippen LogP contribution in [0.15, 0.2) is 27.2 Å². The lowest BCUT2D eigenvalue weighted by Gasteiger charge is -2.25. The minimum Gasteiger partial charge on any atom is -0.459 e. The molecular weight excluding hydrogens is 284 g/mol. The second-order valence-electron chi connectivity index (χ2n) is 5.38. The van der Waals surface area contributed by atoms with Crippen LogP contribution in [0.2, 0.25) is 0 Å². The molecular formula is C16H22N2O4. The Hall–Kier alpha value is -2.08. The maximum absolute atomic E-state index is 12.0. The molecule has 0 saturated heterocycles. The molecule has 0 fully saturated rings. The van der Waals surface area contributed by atoms with Crippen LogP contribution in [0.4, 0.5) is 0 Å². The van der Waals surface area contributed by atoms with Crippen molar-refractivity contribution in [3.8, 4) is 11.7 Å². The number of amides is 1. The fourth-order valence-electron chi connectivity index (χ4n) is 2.08. The number of carbonyl (C=O) groups is 1. The maximum Gasteiger partial charge on any atom is 0.263 e. The van der Waals surface area contributed by atoms with Gasteiger partial charge < -0.3 is 19.3 Å². The van der Waals surface area contributed by atoms with Gasteiger partial charge in [0.15, 0.2) is 5.76 Å². The van der Waals surface area contributed by atoms with Gasteiger partial charge in [0, 0.05) is 6.54 Å². The second kappa shape index (κ2) is 6.79. The molecule has 2 N–H and O–H groups in total. The Bertz CT molecular complexity index is 612. The largest absolute Gasteiger partial charge is 0.459 e. The van der Waals surface area contributed by atoms with Gasteiger partial charge in [-0.3, -0.25) is 4.79 Å². The minimum absolute atomic E-state index is 0.111. The molecule has 2 aromatic rings. The molecule has 0 unspecified atom stereocenters. The van der Waals surface area contributed by atoms with Crippen LogP contribution in [0.1, 0.15) is 38.1 Å². The number of nitrogens with zero attached hydrogens (tertiary/aromatic N) is 1. The molecule has 6 heteroatoms. The first-order valence-electron chi connectivity index (χ1n) is 7.46. The van der Waals surface area contributed by atoms with Gasteiger partial charge >= 0.3 is 0 Å². The normalized spacial score (nSPS) is 11.6. The maximum atomic E-state index is 12.0. The zero-order valence-corrected chi connectivity index (χ0v) is 13.2. The summed E-state index contributed by atoms with van der Waals surface area (Å²) in [6.45, 7) is 5.79. The highest BCUT2D eigenvalue weighted by Gasteiger charge is 2.23.